The van der Waals surface area contributed by atoms with Crippen LogP contribution in [0.5, 0.6) is 0 Å². The summed E-state index contributed by atoms with van der Waals surface area (Å²) in [5.74, 6) is -1.41. The predicted molar refractivity (Wildman–Crippen MR) is 45.6 cm³/mol. The zero-order valence-electron chi connectivity index (χ0n) is 7.10. The predicted octanol–water partition coefficient (Wildman–Crippen LogP) is -0.0119. The van der Waals surface area contributed by atoms with Gasteiger partial charge in [-0.2, -0.15) is 5.26 Å². The van der Waals surface area contributed by atoms with E-state index in [0.717, 1.165) is 12.5 Å². The van der Waals surface area contributed by atoms with Crippen molar-refractivity contribution < 1.29 is 18.3 Å². The summed E-state index contributed by atoms with van der Waals surface area (Å²) in [6.07, 6.45) is 1.91. The van der Waals surface area contributed by atoms with E-state index in [1.807, 2.05) is 0 Å². The first-order valence-corrected chi connectivity index (χ1v) is 5.32. The lowest BCUT2D eigenvalue weighted by atomic mass is 10.3. The maximum Gasteiger partial charge on any atom is 0.353 e. The Morgan fingerprint density at radius 1 is 1.64 bits per heavy atom. The van der Waals surface area contributed by atoms with Crippen LogP contribution in [0.4, 0.5) is 0 Å². The number of nitrogens with zero attached hydrogens (tertiary/aromatic N) is 1. The molecule has 0 bridgehead atoms. The lowest BCUT2D eigenvalue weighted by molar-refractivity contribution is 0.0687. The molecule has 0 saturated heterocycles. The molecule has 0 fully saturated rings. The second-order valence-electron chi connectivity index (χ2n) is 2.60. The molecule has 0 unspecified atom stereocenters. The first-order valence-electron chi connectivity index (χ1n) is 3.42. The van der Waals surface area contributed by atoms with E-state index in [1.54, 1.807) is 6.07 Å². The molecule has 1 aromatic rings. The zero-order chi connectivity index (χ0) is 10.9. The summed E-state index contributed by atoms with van der Waals surface area (Å²) in [6.45, 7) is 0. The first kappa shape index (κ1) is 10.3. The lowest BCUT2D eigenvalue weighted by Gasteiger charge is -1.96. The van der Waals surface area contributed by atoms with Crippen LogP contribution in [0.2, 0.25) is 0 Å². The van der Waals surface area contributed by atoms with E-state index in [1.165, 1.54) is 0 Å². The van der Waals surface area contributed by atoms with Gasteiger partial charge in [-0.05, 0) is 0 Å². The summed E-state index contributed by atoms with van der Waals surface area (Å²) >= 11 is 0. The molecule has 0 spiro atoms. The summed E-state index contributed by atoms with van der Waals surface area (Å²) < 4.78 is 22.3. The minimum atomic E-state index is -3.71. The Hall–Kier alpha value is -1.81. The quantitative estimate of drug-likeness (QED) is 0.719. The standard InChI is InChI=1S/C7H6N2O4S/c1-14(12,13)6-4(2-8)3-9-5(6)7(10)11/h3,9H,1H3,(H,10,11). The molecule has 0 aliphatic rings. The van der Waals surface area contributed by atoms with Gasteiger partial charge in [0.05, 0.1) is 5.56 Å². The zero-order valence-corrected chi connectivity index (χ0v) is 7.92. The number of hydrogen-bond acceptors (Lipinski definition) is 4. The smallest absolute Gasteiger partial charge is 0.353 e. The van der Waals surface area contributed by atoms with E-state index in [9.17, 15) is 13.2 Å². The Balaban J connectivity index is 3.61. The van der Waals surface area contributed by atoms with E-state index in [0.29, 0.717) is 0 Å². The fraction of sp³-hybridized carbons (Fsp3) is 0.143. The number of rotatable bonds is 2. The number of H-pyrrole nitrogens is 1. The van der Waals surface area contributed by atoms with Crippen LogP contribution < -0.4 is 0 Å². The Kier molecular flexibility index (Phi) is 2.32. The van der Waals surface area contributed by atoms with Gasteiger partial charge in [0.15, 0.2) is 9.84 Å². The molecule has 0 atom stereocenters. The minimum Gasteiger partial charge on any atom is -0.477 e. The van der Waals surface area contributed by atoms with Gasteiger partial charge in [-0.15, -0.1) is 0 Å². The van der Waals surface area contributed by atoms with Crippen molar-refractivity contribution in [2.45, 2.75) is 4.90 Å². The first-order chi connectivity index (χ1) is 6.38. The summed E-state index contributed by atoms with van der Waals surface area (Å²) in [4.78, 5) is 12.4. The second-order valence-corrected chi connectivity index (χ2v) is 4.55. The molecule has 0 saturated carbocycles. The summed E-state index contributed by atoms with van der Waals surface area (Å²) in [7, 11) is -3.71. The largest absolute Gasteiger partial charge is 0.477 e. The molecule has 0 aromatic carbocycles. The molecule has 6 nitrogen and oxygen atoms in total. The van der Waals surface area contributed by atoms with Gasteiger partial charge in [-0.1, -0.05) is 0 Å². The van der Waals surface area contributed by atoms with Crippen molar-refractivity contribution in [1.82, 2.24) is 4.98 Å². The van der Waals surface area contributed by atoms with Crippen molar-refractivity contribution in [3.8, 4) is 6.07 Å². The number of carboxylic acids is 1. The van der Waals surface area contributed by atoms with E-state index in [-0.39, 0.29) is 5.56 Å². The Morgan fingerprint density at radius 3 is 2.57 bits per heavy atom. The number of carboxylic acid groups (broad SMARTS) is 1. The van der Waals surface area contributed by atoms with Gasteiger partial charge >= 0.3 is 5.97 Å². The third kappa shape index (κ3) is 1.60. The third-order valence-corrected chi connectivity index (χ3v) is 2.70. The van der Waals surface area contributed by atoms with Crippen LogP contribution in [0.15, 0.2) is 11.1 Å². The summed E-state index contributed by atoms with van der Waals surface area (Å²) in [5, 5.41) is 17.2. The number of carbonyl (C=O) groups is 1. The highest BCUT2D eigenvalue weighted by atomic mass is 32.2. The molecule has 0 amide bonds. The highest BCUT2D eigenvalue weighted by Crippen LogP contribution is 2.19. The Morgan fingerprint density at radius 2 is 2.21 bits per heavy atom. The molecule has 14 heavy (non-hydrogen) atoms. The van der Waals surface area contributed by atoms with E-state index in [4.69, 9.17) is 10.4 Å². The van der Waals surface area contributed by atoms with Crippen LogP contribution >= 0.6 is 0 Å². The maximum atomic E-state index is 11.2. The normalized spacial score (nSPS) is 10.9. The molecule has 7 heteroatoms. The topological polar surface area (TPSA) is 111 Å². The van der Waals surface area contributed by atoms with Gasteiger partial charge in [-0.3, -0.25) is 0 Å². The number of aromatic amines is 1. The average molecular weight is 214 g/mol. The Labute approximate surface area is 79.7 Å². The highest BCUT2D eigenvalue weighted by Gasteiger charge is 2.24. The molecule has 74 valence electrons. The van der Waals surface area contributed by atoms with Crippen molar-refractivity contribution in [2.75, 3.05) is 6.26 Å². The number of sulfone groups is 1. The van der Waals surface area contributed by atoms with Crippen LogP contribution in [-0.2, 0) is 9.84 Å². The number of aromatic nitrogens is 1. The van der Waals surface area contributed by atoms with Gasteiger partial charge in [0.2, 0.25) is 0 Å². The maximum absolute atomic E-state index is 11.2. The van der Waals surface area contributed by atoms with Crippen LogP contribution in [0, 0.1) is 11.3 Å². The van der Waals surface area contributed by atoms with Crippen LogP contribution in [0.1, 0.15) is 16.1 Å². The van der Waals surface area contributed by atoms with Crippen molar-refractivity contribution in [1.29, 1.82) is 5.26 Å². The molecule has 1 heterocycles. The number of aromatic carboxylic acids is 1. The van der Waals surface area contributed by atoms with Gasteiger partial charge in [0, 0.05) is 12.5 Å². The lowest BCUT2D eigenvalue weighted by Crippen LogP contribution is -2.07. The van der Waals surface area contributed by atoms with Crippen LogP contribution in [0.3, 0.4) is 0 Å². The van der Waals surface area contributed by atoms with E-state index < -0.39 is 26.4 Å². The SMILES string of the molecule is CS(=O)(=O)c1c(C#N)c[nH]c1C(=O)O. The Bertz CT molecular complexity index is 520. The van der Waals surface area contributed by atoms with E-state index >= 15 is 0 Å². The van der Waals surface area contributed by atoms with Gasteiger partial charge in [0.1, 0.15) is 16.7 Å². The monoisotopic (exact) mass is 214 g/mol. The molecule has 1 rings (SSSR count). The van der Waals surface area contributed by atoms with Crippen molar-refractivity contribution in [3.05, 3.63) is 17.5 Å². The molecule has 0 radical (unpaired) electrons. The second kappa shape index (κ2) is 3.16. The highest BCUT2D eigenvalue weighted by molar-refractivity contribution is 7.90. The van der Waals surface area contributed by atoms with Gasteiger partial charge < -0.3 is 10.1 Å². The number of nitriles is 1. The number of nitrogens with one attached hydrogen (secondary N) is 1. The molecule has 0 aliphatic heterocycles. The average Bonchev–Trinajstić information content (AvgIpc) is 2.45. The number of hydrogen-bond donors (Lipinski definition) is 2. The van der Waals surface area contributed by atoms with Gasteiger partial charge in [0.25, 0.3) is 0 Å². The fourth-order valence-electron chi connectivity index (χ4n) is 1.04. The summed E-state index contributed by atoms with van der Waals surface area (Å²) in [5.41, 5.74) is -0.672. The molecule has 0 aliphatic carbocycles. The fourth-order valence-corrected chi connectivity index (χ4v) is 2.06. The van der Waals surface area contributed by atoms with Crippen molar-refractivity contribution >= 4 is 15.8 Å². The van der Waals surface area contributed by atoms with Crippen LogP contribution in [0.25, 0.3) is 0 Å². The summed E-state index contributed by atoms with van der Waals surface area (Å²) in [6, 6.07) is 1.60. The molecular formula is C7H6N2O4S. The van der Waals surface area contributed by atoms with E-state index in [2.05, 4.69) is 4.98 Å². The minimum absolute atomic E-state index is 0.190. The third-order valence-electron chi connectivity index (χ3n) is 1.54. The van der Waals surface area contributed by atoms with Crippen molar-refractivity contribution in [3.63, 3.8) is 0 Å². The molecule has 2 N–H and O–H groups in total. The molecular weight excluding hydrogens is 208 g/mol. The van der Waals surface area contributed by atoms with Crippen LogP contribution in [-0.4, -0.2) is 30.7 Å². The van der Waals surface area contributed by atoms with Crippen molar-refractivity contribution in [2.24, 2.45) is 0 Å². The molecule has 1 aromatic heterocycles. The van der Waals surface area contributed by atoms with Gasteiger partial charge in [-0.25, -0.2) is 13.2 Å².